The van der Waals surface area contributed by atoms with Crippen molar-refractivity contribution in [1.29, 1.82) is 0 Å². The number of hydrogen-bond acceptors (Lipinski definition) is 9. The summed E-state index contributed by atoms with van der Waals surface area (Å²) in [5.74, 6) is 0.606. The number of methoxy groups -OCH3 is 1. The number of hydrogen-bond donors (Lipinski definition) is 2. The number of amides is 2. The first-order valence-electron chi connectivity index (χ1n) is 14.4. The molecular formula is C30H44N4O6S. The Hall–Kier alpha value is -3.18. The average Bonchev–Trinajstić information content (AvgIpc) is 3.46. The molecule has 0 saturated heterocycles. The zero-order chi connectivity index (χ0) is 29.7. The Kier molecular flexibility index (Phi) is 12.9. The summed E-state index contributed by atoms with van der Waals surface area (Å²) in [4.78, 5) is 45.6. The molecule has 0 aliphatic carbocycles. The molecule has 2 aliphatic heterocycles. The normalized spacial score (nSPS) is 19.8. The molecule has 2 aliphatic rings. The summed E-state index contributed by atoms with van der Waals surface area (Å²) in [7, 11) is 1.54. The van der Waals surface area contributed by atoms with Crippen LogP contribution in [0.25, 0.3) is 0 Å². The molecule has 3 heterocycles. The van der Waals surface area contributed by atoms with Gasteiger partial charge in [-0.25, -0.2) is 4.98 Å². The van der Waals surface area contributed by atoms with E-state index in [9.17, 15) is 14.4 Å². The lowest BCUT2D eigenvalue weighted by molar-refractivity contribution is -0.156. The van der Waals surface area contributed by atoms with Crippen molar-refractivity contribution in [3.63, 3.8) is 0 Å². The van der Waals surface area contributed by atoms with E-state index in [2.05, 4.69) is 34.4 Å². The lowest BCUT2D eigenvalue weighted by Crippen LogP contribution is -2.46. The maximum Gasteiger partial charge on any atom is 0.314 e. The van der Waals surface area contributed by atoms with E-state index < -0.39 is 5.41 Å². The zero-order valence-corrected chi connectivity index (χ0v) is 25.5. The van der Waals surface area contributed by atoms with E-state index in [-0.39, 0.29) is 37.5 Å². The third-order valence-corrected chi connectivity index (χ3v) is 7.90. The van der Waals surface area contributed by atoms with Gasteiger partial charge >= 0.3 is 5.97 Å². The van der Waals surface area contributed by atoms with E-state index in [0.29, 0.717) is 69.3 Å². The molecule has 10 nitrogen and oxygen atoms in total. The molecule has 2 bridgehead atoms. The van der Waals surface area contributed by atoms with Crippen LogP contribution in [0.3, 0.4) is 0 Å². The summed E-state index contributed by atoms with van der Waals surface area (Å²) in [6, 6.07) is 5.44. The van der Waals surface area contributed by atoms with Gasteiger partial charge in [0.05, 0.1) is 25.7 Å². The Balaban J connectivity index is 1.88. The van der Waals surface area contributed by atoms with Gasteiger partial charge in [0.2, 0.25) is 5.91 Å². The van der Waals surface area contributed by atoms with Crippen molar-refractivity contribution in [2.75, 3.05) is 46.5 Å². The van der Waals surface area contributed by atoms with Gasteiger partial charge in [0.25, 0.3) is 5.91 Å². The molecule has 0 radical (unpaired) electrons. The third kappa shape index (κ3) is 10.3. The number of benzene rings is 1. The molecule has 2 amide bonds. The van der Waals surface area contributed by atoms with Crippen LogP contribution in [-0.4, -0.2) is 74.2 Å². The predicted molar refractivity (Wildman–Crippen MR) is 158 cm³/mol. The van der Waals surface area contributed by atoms with Gasteiger partial charge in [-0.1, -0.05) is 19.9 Å². The number of aromatic nitrogens is 1. The van der Waals surface area contributed by atoms with Gasteiger partial charge in [-0.2, -0.15) is 0 Å². The lowest BCUT2D eigenvalue weighted by Gasteiger charge is -2.33. The highest BCUT2D eigenvalue weighted by Crippen LogP contribution is 2.35. The summed E-state index contributed by atoms with van der Waals surface area (Å²) in [6.45, 7) is 8.64. The molecular weight excluding hydrogens is 544 g/mol. The van der Waals surface area contributed by atoms with E-state index in [0.717, 1.165) is 17.0 Å². The Morgan fingerprint density at radius 2 is 2.05 bits per heavy atom. The smallest absolute Gasteiger partial charge is 0.314 e. The van der Waals surface area contributed by atoms with Crippen LogP contribution >= 0.6 is 11.3 Å². The molecule has 41 heavy (non-hydrogen) atoms. The molecule has 2 aromatic rings. The quantitative estimate of drug-likeness (QED) is 0.355. The second-order valence-electron chi connectivity index (χ2n) is 10.8. The van der Waals surface area contributed by atoms with Crippen molar-refractivity contribution in [2.45, 2.75) is 59.4 Å². The first-order valence-corrected chi connectivity index (χ1v) is 15.2. The van der Waals surface area contributed by atoms with Gasteiger partial charge in [0.1, 0.15) is 5.01 Å². The molecule has 0 fully saturated rings. The zero-order valence-electron chi connectivity index (χ0n) is 24.7. The molecule has 1 aromatic carbocycles. The molecule has 4 rings (SSSR count). The maximum absolute atomic E-state index is 13.5. The number of fused-ring (bicyclic) bond motifs is 16. The monoisotopic (exact) mass is 588 g/mol. The fourth-order valence-corrected chi connectivity index (χ4v) is 5.48. The number of carbonyl (C=O) groups excluding carboxylic acids is 3. The van der Waals surface area contributed by atoms with Crippen molar-refractivity contribution < 1.29 is 28.6 Å². The van der Waals surface area contributed by atoms with Gasteiger partial charge in [-0.05, 0) is 62.8 Å². The van der Waals surface area contributed by atoms with Crippen LogP contribution in [0.2, 0.25) is 0 Å². The van der Waals surface area contributed by atoms with E-state index in [4.69, 9.17) is 14.2 Å². The number of carbonyl (C=O) groups is 3. The second kappa shape index (κ2) is 16.3. The summed E-state index contributed by atoms with van der Waals surface area (Å²) in [5, 5.41) is 8.87. The van der Waals surface area contributed by atoms with Crippen molar-refractivity contribution in [1.82, 2.24) is 20.5 Å². The highest BCUT2D eigenvalue weighted by molar-refractivity contribution is 7.09. The van der Waals surface area contributed by atoms with Crippen molar-refractivity contribution in [2.24, 2.45) is 11.3 Å². The van der Waals surface area contributed by atoms with E-state index in [1.165, 1.54) is 7.11 Å². The van der Waals surface area contributed by atoms with Crippen LogP contribution < -0.4 is 20.1 Å². The van der Waals surface area contributed by atoms with Crippen LogP contribution in [0.15, 0.2) is 29.8 Å². The van der Waals surface area contributed by atoms with E-state index in [1.807, 2.05) is 17.5 Å². The summed E-state index contributed by atoms with van der Waals surface area (Å²) in [5.41, 5.74) is -0.0938. The van der Waals surface area contributed by atoms with Crippen LogP contribution in [-0.2, 0) is 32.1 Å². The third-order valence-electron chi connectivity index (χ3n) is 7.13. The topological polar surface area (TPSA) is 119 Å². The van der Waals surface area contributed by atoms with Gasteiger partial charge in [0.15, 0.2) is 18.1 Å². The highest BCUT2D eigenvalue weighted by atomic mass is 32.1. The fraction of sp³-hybridized carbons (Fsp3) is 0.600. The van der Waals surface area contributed by atoms with Crippen LogP contribution in [0.5, 0.6) is 11.5 Å². The Labute approximate surface area is 247 Å². The molecule has 11 heteroatoms. The van der Waals surface area contributed by atoms with Gasteiger partial charge < -0.3 is 24.8 Å². The standard InChI is InChI=1S/C30H44N4O6S/c1-5-39-29(37)30(11-10-22(2)3)18-23-8-9-24(25(17-23)38-4)40-20-27(36)31-12-15-34(19-28-32-13-16-41-28)14-6-7-26(35)33-21-30/h8-9,13,16-17,22H,5-7,10-12,14-15,18-21H2,1-4H3,(H,31,36)(H,33,35). The minimum absolute atomic E-state index is 0.107. The minimum Gasteiger partial charge on any atom is -0.493 e. The van der Waals surface area contributed by atoms with Crippen molar-refractivity contribution in [3.05, 3.63) is 40.3 Å². The Morgan fingerprint density at radius 3 is 2.76 bits per heavy atom. The van der Waals surface area contributed by atoms with Crippen molar-refractivity contribution >= 4 is 29.1 Å². The average molecular weight is 589 g/mol. The highest BCUT2D eigenvalue weighted by Gasteiger charge is 2.40. The number of esters is 1. The van der Waals surface area contributed by atoms with E-state index in [1.54, 1.807) is 30.5 Å². The van der Waals surface area contributed by atoms with Gasteiger partial charge in [-0.3, -0.25) is 19.3 Å². The Morgan fingerprint density at radius 1 is 1.22 bits per heavy atom. The SMILES string of the molecule is CCOC(=O)C1(CCC(C)C)CNC(=O)CCCN(Cc2nccs2)CCNC(=O)COc2ccc(cc2OC)C1. The number of nitrogens with zero attached hydrogens (tertiary/aromatic N) is 2. The summed E-state index contributed by atoms with van der Waals surface area (Å²) in [6.07, 6.45) is 4.44. The van der Waals surface area contributed by atoms with Crippen LogP contribution in [0, 0.1) is 11.3 Å². The van der Waals surface area contributed by atoms with Crippen LogP contribution in [0.4, 0.5) is 0 Å². The maximum atomic E-state index is 13.5. The molecule has 226 valence electrons. The molecule has 0 spiro atoms. The second-order valence-corrected chi connectivity index (χ2v) is 11.8. The van der Waals surface area contributed by atoms with Gasteiger partial charge in [-0.15, -0.1) is 11.3 Å². The lowest BCUT2D eigenvalue weighted by atomic mass is 9.76. The number of rotatable bonds is 8. The minimum atomic E-state index is -0.941. The molecule has 1 unspecified atom stereocenters. The molecule has 0 saturated carbocycles. The number of nitrogens with one attached hydrogen (secondary N) is 2. The van der Waals surface area contributed by atoms with Crippen LogP contribution in [0.1, 0.15) is 57.0 Å². The summed E-state index contributed by atoms with van der Waals surface area (Å²) < 4.78 is 16.9. The Bertz CT molecular complexity index is 1130. The van der Waals surface area contributed by atoms with E-state index >= 15 is 0 Å². The largest absolute Gasteiger partial charge is 0.493 e. The fourth-order valence-electron chi connectivity index (χ4n) is 4.83. The first-order chi connectivity index (χ1) is 19.7. The number of thiazole rings is 1. The summed E-state index contributed by atoms with van der Waals surface area (Å²) >= 11 is 1.57. The van der Waals surface area contributed by atoms with Gasteiger partial charge in [0, 0.05) is 37.6 Å². The molecule has 1 aromatic heterocycles. The number of ether oxygens (including phenoxy) is 3. The predicted octanol–water partition coefficient (Wildman–Crippen LogP) is 3.59. The molecule has 1 atom stereocenters. The first kappa shape index (κ1) is 32.3. The molecule has 2 N–H and O–H groups in total. The van der Waals surface area contributed by atoms with Crippen molar-refractivity contribution in [3.8, 4) is 11.5 Å².